The molecule has 0 amide bonds. The molecular weight excluding hydrogens is 260 g/mol. The van der Waals surface area contributed by atoms with Crippen LogP contribution in [-0.4, -0.2) is 18.1 Å². The predicted molar refractivity (Wildman–Crippen MR) is 88.7 cm³/mol. The van der Waals surface area contributed by atoms with E-state index in [0.717, 1.165) is 43.9 Å². The van der Waals surface area contributed by atoms with Gasteiger partial charge >= 0.3 is 0 Å². The van der Waals surface area contributed by atoms with Gasteiger partial charge in [-0.05, 0) is 36.9 Å². The molecule has 3 nitrogen and oxygen atoms in total. The Bertz CT molecular complexity index is 566. The minimum atomic E-state index is 0.649. The molecule has 0 aliphatic carbocycles. The third kappa shape index (κ3) is 4.71. The van der Waals surface area contributed by atoms with E-state index < -0.39 is 0 Å². The largest absolute Gasteiger partial charge is 0.478 e. The first kappa shape index (κ1) is 15.8. The topological polar surface area (TPSA) is 34.1 Å². The maximum absolute atomic E-state index is 5.83. The first-order valence-electron chi connectivity index (χ1n) is 7.93. The van der Waals surface area contributed by atoms with Crippen molar-refractivity contribution in [1.29, 1.82) is 0 Å². The lowest BCUT2D eigenvalue weighted by Crippen LogP contribution is -2.14. The summed E-state index contributed by atoms with van der Waals surface area (Å²) in [7, 11) is 0. The van der Waals surface area contributed by atoms with Crippen LogP contribution >= 0.6 is 0 Å². The second-order valence-electron chi connectivity index (χ2n) is 5.84. The first-order valence-corrected chi connectivity index (χ1v) is 7.93. The van der Waals surface area contributed by atoms with Gasteiger partial charge in [0.2, 0.25) is 5.88 Å². The van der Waals surface area contributed by atoms with E-state index in [1.807, 2.05) is 12.1 Å². The summed E-state index contributed by atoms with van der Waals surface area (Å²) in [5, 5.41) is 4.67. The second-order valence-corrected chi connectivity index (χ2v) is 5.84. The Morgan fingerprint density at radius 2 is 2.05 bits per heavy atom. The number of aromatic nitrogens is 1. The molecule has 0 aliphatic rings. The summed E-state index contributed by atoms with van der Waals surface area (Å²) in [4.78, 5) is 4.61. The molecule has 0 atom stereocenters. The Labute approximate surface area is 127 Å². The molecule has 3 heteroatoms. The third-order valence-corrected chi connectivity index (χ3v) is 3.47. The molecule has 1 aromatic carbocycles. The summed E-state index contributed by atoms with van der Waals surface area (Å²) in [5.74, 6) is 1.39. The molecule has 0 radical (unpaired) electrons. The molecule has 0 spiro atoms. The number of pyridine rings is 1. The van der Waals surface area contributed by atoms with Gasteiger partial charge in [0, 0.05) is 18.0 Å². The zero-order chi connectivity index (χ0) is 15.1. The molecule has 0 saturated carbocycles. The van der Waals surface area contributed by atoms with Crippen LogP contribution in [0.1, 0.15) is 39.2 Å². The zero-order valence-electron chi connectivity index (χ0n) is 13.4. The Hall–Kier alpha value is -1.61. The molecule has 21 heavy (non-hydrogen) atoms. The SMILES string of the molecule is CCCNCc1cc(OCCC(C)C)nc2ccccc12. The lowest BCUT2D eigenvalue weighted by atomic mass is 10.1. The normalized spacial score (nSPS) is 11.2. The molecule has 0 saturated heterocycles. The van der Waals surface area contributed by atoms with Gasteiger partial charge in [-0.1, -0.05) is 39.0 Å². The summed E-state index contributed by atoms with van der Waals surface area (Å²) in [6, 6.07) is 10.3. The molecule has 1 heterocycles. The maximum atomic E-state index is 5.83. The van der Waals surface area contributed by atoms with Gasteiger partial charge in [0.05, 0.1) is 12.1 Å². The van der Waals surface area contributed by atoms with Crippen molar-refractivity contribution in [3.05, 3.63) is 35.9 Å². The average molecular weight is 286 g/mol. The second kappa shape index (κ2) is 7.99. The predicted octanol–water partition coefficient (Wildman–Crippen LogP) is 4.16. The van der Waals surface area contributed by atoms with Crippen LogP contribution in [0.4, 0.5) is 0 Å². The quantitative estimate of drug-likeness (QED) is 0.740. The van der Waals surface area contributed by atoms with Gasteiger partial charge in [0.1, 0.15) is 0 Å². The summed E-state index contributed by atoms with van der Waals surface area (Å²) in [5.41, 5.74) is 2.27. The van der Waals surface area contributed by atoms with Crippen LogP contribution in [-0.2, 0) is 6.54 Å². The molecular formula is C18H26N2O. The van der Waals surface area contributed by atoms with Gasteiger partial charge in [-0.15, -0.1) is 0 Å². The fourth-order valence-electron chi connectivity index (χ4n) is 2.24. The summed E-state index contributed by atoms with van der Waals surface area (Å²) in [6.07, 6.45) is 2.19. The van der Waals surface area contributed by atoms with Gasteiger partial charge in [0.25, 0.3) is 0 Å². The van der Waals surface area contributed by atoms with Gasteiger partial charge in [-0.25, -0.2) is 4.98 Å². The number of ether oxygens (including phenoxy) is 1. The highest BCUT2D eigenvalue weighted by atomic mass is 16.5. The van der Waals surface area contributed by atoms with Gasteiger partial charge < -0.3 is 10.1 Å². The molecule has 0 bridgehead atoms. The molecule has 2 rings (SSSR count). The molecule has 1 N–H and O–H groups in total. The van der Waals surface area contributed by atoms with E-state index in [1.165, 1.54) is 10.9 Å². The lowest BCUT2D eigenvalue weighted by Gasteiger charge is -2.12. The summed E-state index contributed by atoms with van der Waals surface area (Å²) < 4.78 is 5.83. The van der Waals surface area contributed by atoms with Crippen LogP contribution in [0.25, 0.3) is 10.9 Å². The molecule has 0 fully saturated rings. The van der Waals surface area contributed by atoms with Crippen molar-refractivity contribution in [2.24, 2.45) is 5.92 Å². The van der Waals surface area contributed by atoms with Gasteiger partial charge in [0.15, 0.2) is 0 Å². The van der Waals surface area contributed by atoms with Crippen molar-refractivity contribution in [1.82, 2.24) is 10.3 Å². The van der Waals surface area contributed by atoms with Crippen molar-refractivity contribution >= 4 is 10.9 Å². The molecule has 0 unspecified atom stereocenters. The van der Waals surface area contributed by atoms with Gasteiger partial charge in [-0.2, -0.15) is 0 Å². The van der Waals surface area contributed by atoms with Crippen LogP contribution < -0.4 is 10.1 Å². The van der Waals surface area contributed by atoms with E-state index in [9.17, 15) is 0 Å². The van der Waals surface area contributed by atoms with Crippen molar-refractivity contribution in [3.8, 4) is 5.88 Å². The van der Waals surface area contributed by atoms with Crippen LogP contribution in [0, 0.1) is 5.92 Å². The Morgan fingerprint density at radius 1 is 1.24 bits per heavy atom. The number of para-hydroxylation sites is 1. The van der Waals surface area contributed by atoms with Crippen molar-refractivity contribution in [3.63, 3.8) is 0 Å². The van der Waals surface area contributed by atoms with Crippen molar-refractivity contribution in [2.45, 2.75) is 40.2 Å². The highest BCUT2D eigenvalue weighted by molar-refractivity contribution is 5.82. The van der Waals surface area contributed by atoms with Gasteiger partial charge in [-0.3, -0.25) is 0 Å². The van der Waals surface area contributed by atoms with E-state index in [2.05, 4.69) is 49.3 Å². The van der Waals surface area contributed by atoms with Crippen LogP contribution in [0.3, 0.4) is 0 Å². The molecule has 0 aliphatic heterocycles. The fraction of sp³-hybridized carbons (Fsp3) is 0.500. The minimum Gasteiger partial charge on any atom is -0.478 e. The first-order chi connectivity index (χ1) is 10.2. The average Bonchev–Trinajstić information content (AvgIpc) is 2.47. The highest BCUT2D eigenvalue weighted by Crippen LogP contribution is 2.22. The van der Waals surface area contributed by atoms with Crippen LogP contribution in [0.15, 0.2) is 30.3 Å². The van der Waals surface area contributed by atoms with E-state index in [1.54, 1.807) is 0 Å². The summed E-state index contributed by atoms with van der Waals surface area (Å²) >= 11 is 0. The number of fused-ring (bicyclic) bond motifs is 1. The fourth-order valence-corrected chi connectivity index (χ4v) is 2.24. The number of nitrogens with one attached hydrogen (secondary N) is 1. The smallest absolute Gasteiger partial charge is 0.214 e. The maximum Gasteiger partial charge on any atom is 0.214 e. The van der Waals surface area contributed by atoms with Crippen molar-refractivity contribution < 1.29 is 4.74 Å². The van der Waals surface area contributed by atoms with Crippen LogP contribution in [0.5, 0.6) is 5.88 Å². The van der Waals surface area contributed by atoms with E-state index >= 15 is 0 Å². The monoisotopic (exact) mass is 286 g/mol. The lowest BCUT2D eigenvalue weighted by molar-refractivity contribution is 0.280. The standard InChI is InChI=1S/C18H26N2O/c1-4-10-19-13-15-12-18(21-11-9-14(2)3)20-17-8-6-5-7-16(15)17/h5-8,12,14,19H,4,9-11,13H2,1-3H3. The number of benzene rings is 1. The molecule has 2 aromatic rings. The third-order valence-electron chi connectivity index (χ3n) is 3.47. The number of hydrogen-bond acceptors (Lipinski definition) is 3. The Balaban J connectivity index is 2.17. The highest BCUT2D eigenvalue weighted by Gasteiger charge is 2.06. The molecule has 114 valence electrons. The number of rotatable bonds is 8. The molecule has 1 aromatic heterocycles. The zero-order valence-corrected chi connectivity index (χ0v) is 13.4. The summed E-state index contributed by atoms with van der Waals surface area (Å²) in [6.45, 7) is 9.20. The van der Waals surface area contributed by atoms with Crippen LogP contribution in [0.2, 0.25) is 0 Å². The Morgan fingerprint density at radius 3 is 2.81 bits per heavy atom. The van der Waals surface area contributed by atoms with E-state index in [4.69, 9.17) is 4.74 Å². The Kier molecular flexibility index (Phi) is 6.00. The minimum absolute atomic E-state index is 0.649. The van der Waals surface area contributed by atoms with E-state index in [0.29, 0.717) is 5.92 Å². The van der Waals surface area contributed by atoms with Crippen molar-refractivity contribution in [2.75, 3.05) is 13.2 Å². The number of nitrogens with zero attached hydrogens (tertiary/aromatic N) is 1. The van der Waals surface area contributed by atoms with E-state index in [-0.39, 0.29) is 0 Å². The number of hydrogen-bond donors (Lipinski definition) is 1.